The highest BCUT2D eigenvalue weighted by atomic mass is 16.6. The lowest BCUT2D eigenvalue weighted by molar-refractivity contribution is -0.384. The second-order valence-electron chi connectivity index (χ2n) is 3.49. The van der Waals surface area contributed by atoms with Crippen LogP contribution in [0.4, 0.5) is 16.2 Å². The van der Waals surface area contributed by atoms with E-state index in [1.165, 1.54) is 17.0 Å². The summed E-state index contributed by atoms with van der Waals surface area (Å²) >= 11 is 0. The Morgan fingerprint density at radius 2 is 2.25 bits per heavy atom. The maximum Gasteiger partial charge on any atom is 0.414 e. The minimum absolute atomic E-state index is 0.0275. The molecule has 0 aliphatic carbocycles. The van der Waals surface area contributed by atoms with E-state index in [4.69, 9.17) is 4.74 Å². The van der Waals surface area contributed by atoms with Gasteiger partial charge in [0, 0.05) is 12.1 Å². The molecule has 1 aliphatic heterocycles. The lowest BCUT2D eigenvalue weighted by Crippen LogP contribution is -2.24. The minimum atomic E-state index is -0.482. The Morgan fingerprint density at radius 3 is 2.81 bits per heavy atom. The van der Waals surface area contributed by atoms with E-state index < -0.39 is 11.0 Å². The molecule has 0 saturated carbocycles. The zero-order valence-corrected chi connectivity index (χ0v) is 8.67. The zero-order valence-electron chi connectivity index (χ0n) is 8.67. The van der Waals surface area contributed by atoms with Crippen LogP contribution >= 0.6 is 0 Å². The number of nitrogens with zero attached hydrogens (tertiary/aromatic N) is 2. The lowest BCUT2D eigenvalue weighted by atomic mass is 10.1. The Kier molecular flexibility index (Phi) is 2.47. The van der Waals surface area contributed by atoms with E-state index in [1.807, 2.05) is 0 Å². The van der Waals surface area contributed by atoms with Gasteiger partial charge in [-0.25, -0.2) is 4.79 Å². The van der Waals surface area contributed by atoms with Gasteiger partial charge in [0.2, 0.25) is 0 Å². The summed E-state index contributed by atoms with van der Waals surface area (Å²) in [6.07, 6.45) is -0.455. The predicted molar refractivity (Wildman–Crippen MR) is 56.5 cm³/mol. The molecule has 6 nitrogen and oxygen atoms in total. The molecule has 1 aromatic carbocycles. The van der Waals surface area contributed by atoms with Gasteiger partial charge in [-0.05, 0) is 12.5 Å². The van der Waals surface area contributed by atoms with Gasteiger partial charge in [0.1, 0.15) is 6.61 Å². The first-order valence-corrected chi connectivity index (χ1v) is 4.79. The van der Waals surface area contributed by atoms with Crippen molar-refractivity contribution in [3.8, 4) is 0 Å². The molecule has 1 aromatic rings. The number of nitro groups is 1. The lowest BCUT2D eigenvalue weighted by Gasteiger charge is -2.14. The summed E-state index contributed by atoms with van der Waals surface area (Å²) in [4.78, 5) is 22.9. The van der Waals surface area contributed by atoms with Gasteiger partial charge in [-0.15, -0.1) is 0 Å². The quantitative estimate of drug-likeness (QED) is 0.565. The van der Waals surface area contributed by atoms with Crippen molar-refractivity contribution in [2.24, 2.45) is 0 Å². The van der Waals surface area contributed by atoms with Crippen molar-refractivity contribution in [2.75, 3.05) is 18.1 Å². The monoisotopic (exact) mass is 222 g/mol. The van der Waals surface area contributed by atoms with E-state index in [0.29, 0.717) is 18.8 Å². The Labute approximate surface area is 91.6 Å². The van der Waals surface area contributed by atoms with Crippen molar-refractivity contribution in [1.29, 1.82) is 0 Å². The smallest absolute Gasteiger partial charge is 0.414 e. The number of non-ortho nitro benzene ring substituents is 1. The molecule has 0 spiro atoms. The highest BCUT2D eigenvalue weighted by molar-refractivity contribution is 5.90. The van der Waals surface area contributed by atoms with Gasteiger partial charge < -0.3 is 4.74 Å². The molecule has 0 unspecified atom stereocenters. The van der Waals surface area contributed by atoms with Crippen molar-refractivity contribution >= 4 is 17.5 Å². The fourth-order valence-electron chi connectivity index (χ4n) is 1.61. The average molecular weight is 222 g/mol. The van der Waals surface area contributed by atoms with Gasteiger partial charge in [-0.2, -0.15) is 0 Å². The molecule has 16 heavy (non-hydrogen) atoms. The Hall–Kier alpha value is -2.11. The van der Waals surface area contributed by atoms with Crippen LogP contribution in [0.5, 0.6) is 0 Å². The largest absolute Gasteiger partial charge is 0.447 e. The minimum Gasteiger partial charge on any atom is -0.447 e. The van der Waals surface area contributed by atoms with Crippen LogP contribution in [0.25, 0.3) is 0 Å². The number of carbonyl (C=O) groups is 1. The van der Waals surface area contributed by atoms with Crippen LogP contribution in [0.3, 0.4) is 0 Å². The number of amides is 1. The van der Waals surface area contributed by atoms with Crippen LogP contribution in [0, 0.1) is 17.0 Å². The van der Waals surface area contributed by atoms with Crippen LogP contribution in [-0.2, 0) is 4.74 Å². The molecule has 0 aromatic heterocycles. The van der Waals surface area contributed by atoms with E-state index in [0.717, 1.165) is 5.56 Å². The van der Waals surface area contributed by atoms with E-state index in [1.54, 1.807) is 13.0 Å². The van der Waals surface area contributed by atoms with Crippen molar-refractivity contribution in [2.45, 2.75) is 6.92 Å². The third-order valence-corrected chi connectivity index (χ3v) is 2.46. The topological polar surface area (TPSA) is 72.7 Å². The maximum absolute atomic E-state index is 11.3. The summed E-state index contributed by atoms with van der Waals surface area (Å²) in [6, 6.07) is 4.43. The number of anilines is 1. The van der Waals surface area contributed by atoms with Gasteiger partial charge in [-0.1, -0.05) is 6.07 Å². The molecule has 0 atom stereocenters. The van der Waals surface area contributed by atoms with Crippen LogP contribution in [0.1, 0.15) is 5.56 Å². The molecule has 1 aliphatic rings. The number of aryl methyl sites for hydroxylation is 1. The summed E-state index contributed by atoms with van der Waals surface area (Å²) in [5, 5.41) is 10.6. The fraction of sp³-hybridized carbons (Fsp3) is 0.300. The van der Waals surface area contributed by atoms with Gasteiger partial charge in [0.15, 0.2) is 0 Å². The highest BCUT2D eigenvalue weighted by Gasteiger charge is 2.26. The number of benzene rings is 1. The molecule has 1 amide bonds. The molecule has 1 saturated heterocycles. The standard InChI is InChI=1S/C10H10N2O4/c1-7-2-3-8(12(14)15)6-9(7)11-4-5-16-10(11)13/h2-3,6H,4-5H2,1H3. The molecule has 2 rings (SSSR count). The summed E-state index contributed by atoms with van der Waals surface area (Å²) in [6.45, 7) is 2.55. The molecular formula is C10H10N2O4. The summed E-state index contributed by atoms with van der Waals surface area (Å²) in [5.74, 6) is 0. The van der Waals surface area contributed by atoms with Crippen molar-refractivity contribution < 1.29 is 14.5 Å². The molecule has 0 radical (unpaired) electrons. The van der Waals surface area contributed by atoms with Gasteiger partial charge in [-0.3, -0.25) is 15.0 Å². The van der Waals surface area contributed by atoms with Crippen molar-refractivity contribution in [3.63, 3.8) is 0 Å². The van der Waals surface area contributed by atoms with E-state index in [-0.39, 0.29) is 5.69 Å². The molecule has 1 heterocycles. The summed E-state index contributed by atoms with van der Waals surface area (Å²) < 4.78 is 4.79. The summed E-state index contributed by atoms with van der Waals surface area (Å²) in [5.41, 5.74) is 1.32. The number of hydrogen-bond donors (Lipinski definition) is 0. The molecule has 0 N–H and O–H groups in total. The SMILES string of the molecule is Cc1ccc([N+](=O)[O-])cc1N1CCOC1=O. The molecular weight excluding hydrogens is 212 g/mol. The number of rotatable bonds is 2. The van der Waals surface area contributed by atoms with E-state index in [2.05, 4.69) is 0 Å². The number of cyclic esters (lactones) is 1. The third kappa shape index (κ3) is 1.69. The first-order valence-electron chi connectivity index (χ1n) is 4.79. The first-order chi connectivity index (χ1) is 7.59. The molecule has 0 bridgehead atoms. The fourth-order valence-corrected chi connectivity index (χ4v) is 1.61. The highest BCUT2D eigenvalue weighted by Crippen LogP contribution is 2.27. The zero-order chi connectivity index (χ0) is 11.7. The Bertz CT molecular complexity index is 458. The van der Waals surface area contributed by atoms with Crippen LogP contribution < -0.4 is 4.90 Å². The number of nitro benzene ring substituents is 1. The number of ether oxygens (including phenoxy) is 1. The van der Waals surface area contributed by atoms with Crippen LogP contribution in [0.2, 0.25) is 0 Å². The normalized spacial score (nSPS) is 15.1. The van der Waals surface area contributed by atoms with Crippen molar-refractivity contribution in [1.82, 2.24) is 0 Å². The Balaban J connectivity index is 2.42. The van der Waals surface area contributed by atoms with Crippen molar-refractivity contribution in [3.05, 3.63) is 33.9 Å². The van der Waals surface area contributed by atoms with E-state index in [9.17, 15) is 14.9 Å². The average Bonchev–Trinajstić information content (AvgIpc) is 2.65. The van der Waals surface area contributed by atoms with Crippen LogP contribution in [0.15, 0.2) is 18.2 Å². The van der Waals surface area contributed by atoms with Gasteiger partial charge >= 0.3 is 6.09 Å². The van der Waals surface area contributed by atoms with Crippen LogP contribution in [-0.4, -0.2) is 24.2 Å². The van der Waals surface area contributed by atoms with Gasteiger partial charge in [0.25, 0.3) is 5.69 Å². The number of carbonyl (C=O) groups excluding carboxylic acids is 1. The van der Waals surface area contributed by atoms with Gasteiger partial charge in [0.05, 0.1) is 17.2 Å². The third-order valence-electron chi connectivity index (χ3n) is 2.46. The number of hydrogen-bond acceptors (Lipinski definition) is 4. The second-order valence-corrected chi connectivity index (χ2v) is 3.49. The maximum atomic E-state index is 11.3. The Morgan fingerprint density at radius 1 is 1.50 bits per heavy atom. The predicted octanol–water partition coefficient (Wildman–Crippen LogP) is 1.86. The molecule has 84 valence electrons. The second kappa shape index (κ2) is 3.80. The first kappa shape index (κ1) is 10.4. The van der Waals surface area contributed by atoms with E-state index >= 15 is 0 Å². The molecule has 6 heteroatoms. The summed E-state index contributed by atoms with van der Waals surface area (Å²) in [7, 11) is 0. The molecule has 1 fully saturated rings.